The third-order valence-electron chi connectivity index (χ3n) is 2.90. The van der Waals surface area contributed by atoms with Crippen molar-refractivity contribution in [1.29, 1.82) is 0 Å². The molecule has 0 aliphatic heterocycles. The van der Waals surface area contributed by atoms with Crippen LogP contribution in [0.15, 0.2) is 17.0 Å². The number of nitrogens with two attached hydrogens (primary N) is 2. The Bertz CT molecular complexity index is 561. The number of rotatable bonds is 9. The van der Waals surface area contributed by atoms with Crippen molar-refractivity contribution >= 4 is 21.4 Å². The minimum Gasteiger partial charge on any atom is -0.399 e. The lowest BCUT2D eigenvalue weighted by atomic mass is 10.1. The predicted octanol–water partition coefficient (Wildman–Crippen LogP) is 0.690. The van der Waals surface area contributed by atoms with Gasteiger partial charge in [-0.25, -0.2) is 13.6 Å². The molecule has 0 amide bonds. The minimum absolute atomic E-state index is 0.0429. The number of methoxy groups -OCH3 is 1. The Morgan fingerprint density at radius 3 is 2.57 bits per heavy atom. The summed E-state index contributed by atoms with van der Waals surface area (Å²) in [6.45, 7) is 4.06. The van der Waals surface area contributed by atoms with E-state index in [9.17, 15) is 8.42 Å². The summed E-state index contributed by atoms with van der Waals surface area (Å²) >= 11 is 0. The Hall–Kier alpha value is -1.35. The van der Waals surface area contributed by atoms with E-state index in [2.05, 4.69) is 5.32 Å². The standard InChI is InChI=1S/C13H23N3O4S/c1-10-12(16-4-3-5-20-7-6-19-2)8-11(14)9-13(10)21(15,17)18/h8-9,16H,3-7,14H2,1-2H3,(H2,15,17,18). The van der Waals surface area contributed by atoms with Gasteiger partial charge in [-0.3, -0.25) is 0 Å². The average Bonchev–Trinajstić information content (AvgIpc) is 2.39. The highest BCUT2D eigenvalue weighted by atomic mass is 32.2. The Balaban J connectivity index is 2.58. The highest BCUT2D eigenvalue weighted by Crippen LogP contribution is 2.25. The molecule has 0 aromatic heterocycles. The Morgan fingerprint density at radius 2 is 1.95 bits per heavy atom. The fourth-order valence-electron chi connectivity index (χ4n) is 1.83. The molecule has 0 bridgehead atoms. The normalized spacial score (nSPS) is 11.6. The number of anilines is 2. The first-order valence-electron chi connectivity index (χ1n) is 6.59. The molecular weight excluding hydrogens is 294 g/mol. The van der Waals surface area contributed by atoms with Crippen molar-refractivity contribution in [3.63, 3.8) is 0 Å². The van der Waals surface area contributed by atoms with Gasteiger partial charge in [0.1, 0.15) is 0 Å². The van der Waals surface area contributed by atoms with Gasteiger partial charge in [0.2, 0.25) is 10.0 Å². The maximum Gasteiger partial charge on any atom is 0.238 e. The second kappa shape index (κ2) is 8.18. The van der Waals surface area contributed by atoms with Gasteiger partial charge in [-0.2, -0.15) is 0 Å². The summed E-state index contributed by atoms with van der Waals surface area (Å²) in [6.07, 6.45) is 0.780. The van der Waals surface area contributed by atoms with Crippen molar-refractivity contribution in [2.75, 3.05) is 44.5 Å². The van der Waals surface area contributed by atoms with E-state index in [1.807, 2.05) is 0 Å². The van der Waals surface area contributed by atoms with Gasteiger partial charge in [0.15, 0.2) is 0 Å². The van der Waals surface area contributed by atoms with Crippen LogP contribution in [0, 0.1) is 6.92 Å². The number of nitrogen functional groups attached to an aromatic ring is 1. The van der Waals surface area contributed by atoms with Crippen LogP contribution >= 0.6 is 0 Å². The third kappa shape index (κ3) is 5.88. The lowest BCUT2D eigenvalue weighted by molar-refractivity contribution is 0.0705. The topological polar surface area (TPSA) is 117 Å². The smallest absolute Gasteiger partial charge is 0.238 e. The van der Waals surface area contributed by atoms with Crippen molar-refractivity contribution in [3.05, 3.63) is 17.7 Å². The van der Waals surface area contributed by atoms with Gasteiger partial charge in [0.05, 0.1) is 18.1 Å². The lowest BCUT2D eigenvalue weighted by Crippen LogP contribution is -2.16. The number of nitrogens with one attached hydrogen (secondary N) is 1. The molecule has 1 aromatic carbocycles. The molecule has 0 radical (unpaired) electrons. The zero-order chi connectivity index (χ0) is 15.9. The molecule has 8 heteroatoms. The van der Waals surface area contributed by atoms with Gasteiger partial charge < -0.3 is 20.5 Å². The summed E-state index contributed by atoms with van der Waals surface area (Å²) in [5, 5.41) is 8.32. The first kappa shape index (κ1) is 17.7. The molecule has 7 nitrogen and oxygen atoms in total. The number of ether oxygens (including phenoxy) is 2. The molecule has 0 saturated heterocycles. The van der Waals surface area contributed by atoms with E-state index in [-0.39, 0.29) is 4.90 Å². The zero-order valence-corrected chi connectivity index (χ0v) is 13.2. The Kier molecular flexibility index (Phi) is 6.90. The number of primary sulfonamides is 1. The largest absolute Gasteiger partial charge is 0.399 e. The molecule has 1 rings (SSSR count). The van der Waals surface area contributed by atoms with Crippen LogP contribution in [0.4, 0.5) is 11.4 Å². The van der Waals surface area contributed by atoms with E-state index in [0.29, 0.717) is 43.3 Å². The molecule has 0 fully saturated rings. The van der Waals surface area contributed by atoms with Gasteiger partial charge in [0, 0.05) is 31.6 Å². The Morgan fingerprint density at radius 1 is 1.24 bits per heavy atom. The van der Waals surface area contributed by atoms with Crippen LogP contribution in [0.2, 0.25) is 0 Å². The maximum absolute atomic E-state index is 11.5. The molecule has 1 aromatic rings. The molecule has 120 valence electrons. The summed E-state index contributed by atoms with van der Waals surface area (Å²) in [5.41, 5.74) is 7.29. The number of sulfonamides is 1. The van der Waals surface area contributed by atoms with Gasteiger partial charge in [-0.1, -0.05) is 0 Å². The molecule has 0 spiro atoms. The maximum atomic E-state index is 11.5. The van der Waals surface area contributed by atoms with E-state index < -0.39 is 10.0 Å². The fourth-order valence-corrected chi connectivity index (χ4v) is 2.67. The molecule has 0 unspecified atom stereocenters. The van der Waals surface area contributed by atoms with Gasteiger partial charge in [-0.15, -0.1) is 0 Å². The minimum atomic E-state index is -3.78. The molecule has 5 N–H and O–H groups in total. The predicted molar refractivity (Wildman–Crippen MR) is 82.8 cm³/mol. The lowest BCUT2D eigenvalue weighted by Gasteiger charge is -2.13. The Labute approximate surface area is 125 Å². The summed E-state index contributed by atoms with van der Waals surface area (Å²) in [6, 6.07) is 3.06. The van der Waals surface area contributed by atoms with E-state index in [1.54, 1.807) is 20.1 Å². The van der Waals surface area contributed by atoms with Gasteiger partial charge in [0.25, 0.3) is 0 Å². The molecule has 21 heavy (non-hydrogen) atoms. The monoisotopic (exact) mass is 317 g/mol. The van der Waals surface area contributed by atoms with Crippen LogP contribution in [0.25, 0.3) is 0 Å². The zero-order valence-electron chi connectivity index (χ0n) is 12.4. The van der Waals surface area contributed by atoms with Crippen LogP contribution in [0.3, 0.4) is 0 Å². The molecule has 0 aliphatic rings. The fraction of sp³-hybridized carbons (Fsp3) is 0.538. The van der Waals surface area contributed by atoms with E-state index in [4.69, 9.17) is 20.3 Å². The van der Waals surface area contributed by atoms with Crippen LogP contribution in [0.5, 0.6) is 0 Å². The van der Waals surface area contributed by atoms with E-state index in [1.165, 1.54) is 6.07 Å². The summed E-state index contributed by atoms with van der Waals surface area (Å²) in [4.78, 5) is 0.0429. The highest BCUT2D eigenvalue weighted by molar-refractivity contribution is 7.89. The third-order valence-corrected chi connectivity index (χ3v) is 3.94. The second-order valence-electron chi connectivity index (χ2n) is 4.62. The first-order chi connectivity index (χ1) is 9.86. The average molecular weight is 317 g/mol. The van der Waals surface area contributed by atoms with E-state index >= 15 is 0 Å². The van der Waals surface area contributed by atoms with Gasteiger partial charge in [-0.05, 0) is 31.0 Å². The number of benzene rings is 1. The van der Waals surface area contributed by atoms with E-state index in [0.717, 1.165) is 6.42 Å². The van der Waals surface area contributed by atoms with Gasteiger partial charge >= 0.3 is 0 Å². The molecule has 0 heterocycles. The summed E-state index contributed by atoms with van der Waals surface area (Å²) in [5.74, 6) is 0. The molecule has 0 aliphatic carbocycles. The molecule has 0 atom stereocenters. The van der Waals surface area contributed by atoms with Crippen molar-refractivity contribution in [2.45, 2.75) is 18.2 Å². The summed E-state index contributed by atoms with van der Waals surface area (Å²) < 4.78 is 33.2. The first-order valence-corrected chi connectivity index (χ1v) is 8.14. The van der Waals surface area contributed by atoms with Crippen molar-refractivity contribution < 1.29 is 17.9 Å². The number of hydrogen-bond donors (Lipinski definition) is 3. The van der Waals surface area contributed by atoms with Crippen molar-refractivity contribution in [2.24, 2.45) is 5.14 Å². The highest BCUT2D eigenvalue weighted by Gasteiger charge is 2.15. The van der Waals surface area contributed by atoms with Crippen LogP contribution in [-0.2, 0) is 19.5 Å². The molecule has 0 saturated carbocycles. The van der Waals surface area contributed by atoms with Crippen molar-refractivity contribution in [1.82, 2.24) is 0 Å². The quantitative estimate of drug-likeness (QED) is 0.456. The molecular formula is C13H23N3O4S. The SMILES string of the molecule is COCCOCCCNc1cc(N)cc(S(N)(=O)=O)c1C. The van der Waals surface area contributed by atoms with Crippen molar-refractivity contribution in [3.8, 4) is 0 Å². The van der Waals surface area contributed by atoms with Crippen LogP contribution in [0.1, 0.15) is 12.0 Å². The number of hydrogen-bond acceptors (Lipinski definition) is 6. The summed E-state index contributed by atoms with van der Waals surface area (Å²) in [7, 11) is -2.16. The van der Waals surface area contributed by atoms with Crippen LogP contribution < -0.4 is 16.2 Å². The van der Waals surface area contributed by atoms with Crippen LogP contribution in [-0.4, -0.2) is 41.9 Å². The second-order valence-corrected chi connectivity index (χ2v) is 6.15.